The second kappa shape index (κ2) is 79.9. The molecule has 3 N–H and O–H groups in total. The van der Waals surface area contributed by atoms with Crippen LogP contribution in [0, 0.1) is 17.8 Å². The number of phosphoric ester groups is 2. The zero-order valence-electron chi connectivity index (χ0n) is 72.0. The van der Waals surface area contributed by atoms with E-state index in [1.54, 1.807) is 0 Å². The standard InChI is InChI=1S/C90H176O17P2/c1-8-9-10-11-12-13-14-15-16-17-18-19-20-21-22-30-35-40-45-50-59-66-73-89(94)106-85(77-100-87(92)71-64-57-49-44-39-34-29-25-23-27-32-37-42-47-54-61-68-81(2)3)79-104-108(96,97)102-75-84(91)76-103-109(98,99)105-80-86(78-101-88(93)72-65-58-53-52-56-63-70-83(6)7)107-90(95)74-67-60-51-46-41-36-31-26-24-28-33-38-43-48-55-62-69-82(4)5/h81-86,91H,8-80H2,1-7H3,(H,96,97)(H,98,99)/t84-,85-,86-/m1/s1. The van der Waals surface area contributed by atoms with Crippen LogP contribution in [0.15, 0.2) is 0 Å². The second-order valence-electron chi connectivity index (χ2n) is 33.8. The molecule has 0 aliphatic heterocycles. The number of unbranched alkanes of at least 4 members (excludes halogenated alkanes) is 56. The van der Waals surface area contributed by atoms with Crippen molar-refractivity contribution in [3.63, 3.8) is 0 Å². The van der Waals surface area contributed by atoms with Gasteiger partial charge in [0.1, 0.15) is 19.3 Å². The predicted molar refractivity (Wildman–Crippen MR) is 451 cm³/mol. The van der Waals surface area contributed by atoms with E-state index in [4.69, 9.17) is 37.0 Å². The van der Waals surface area contributed by atoms with Crippen LogP contribution in [0.25, 0.3) is 0 Å². The monoisotopic (exact) mass is 1590 g/mol. The zero-order valence-corrected chi connectivity index (χ0v) is 73.8. The number of phosphoric acid groups is 2. The number of aliphatic hydroxyl groups excluding tert-OH is 1. The Balaban J connectivity index is 5.20. The molecule has 0 spiro atoms. The molecule has 648 valence electrons. The molecule has 0 aromatic carbocycles. The highest BCUT2D eigenvalue weighted by Gasteiger charge is 2.31. The molecule has 0 fully saturated rings. The van der Waals surface area contributed by atoms with Gasteiger partial charge in [-0.25, -0.2) is 9.13 Å². The largest absolute Gasteiger partial charge is 0.472 e. The van der Waals surface area contributed by atoms with Crippen LogP contribution in [0.2, 0.25) is 0 Å². The number of carbonyl (C=O) groups excluding carboxylic acids is 4. The zero-order chi connectivity index (χ0) is 80.0. The minimum Gasteiger partial charge on any atom is -0.462 e. The fraction of sp³-hybridized carbons (Fsp3) is 0.956. The summed E-state index contributed by atoms with van der Waals surface area (Å²) in [5.74, 6) is 0.198. The van der Waals surface area contributed by atoms with E-state index in [-0.39, 0.29) is 25.7 Å². The molecule has 0 aromatic heterocycles. The van der Waals surface area contributed by atoms with Crippen molar-refractivity contribution in [2.24, 2.45) is 17.8 Å². The van der Waals surface area contributed by atoms with Crippen molar-refractivity contribution >= 4 is 39.5 Å². The van der Waals surface area contributed by atoms with E-state index in [1.807, 2.05) is 0 Å². The molecule has 19 heteroatoms. The number of hydrogen-bond acceptors (Lipinski definition) is 15. The van der Waals surface area contributed by atoms with E-state index in [2.05, 4.69) is 48.5 Å². The van der Waals surface area contributed by atoms with Gasteiger partial charge in [-0.3, -0.25) is 37.3 Å². The molecule has 109 heavy (non-hydrogen) atoms. The van der Waals surface area contributed by atoms with Gasteiger partial charge in [0.2, 0.25) is 0 Å². The second-order valence-corrected chi connectivity index (χ2v) is 36.7. The predicted octanol–water partition coefficient (Wildman–Crippen LogP) is 27.6. The van der Waals surface area contributed by atoms with Crippen LogP contribution in [0.5, 0.6) is 0 Å². The quantitative estimate of drug-likeness (QED) is 0.0222. The molecule has 0 aliphatic rings. The first kappa shape index (κ1) is 107. The molecule has 17 nitrogen and oxygen atoms in total. The van der Waals surface area contributed by atoms with Crippen molar-refractivity contribution in [3.05, 3.63) is 0 Å². The van der Waals surface area contributed by atoms with Gasteiger partial charge in [-0.15, -0.1) is 0 Å². The lowest BCUT2D eigenvalue weighted by Gasteiger charge is -2.21. The lowest BCUT2D eigenvalue weighted by molar-refractivity contribution is -0.161. The van der Waals surface area contributed by atoms with Crippen LogP contribution in [0.1, 0.15) is 479 Å². The summed E-state index contributed by atoms with van der Waals surface area (Å²) in [4.78, 5) is 73.3. The fourth-order valence-electron chi connectivity index (χ4n) is 14.1. The molecule has 2 unspecified atom stereocenters. The third-order valence-corrected chi connectivity index (χ3v) is 23.0. The Bertz CT molecular complexity index is 2100. The van der Waals surface area contributed by atoms with Gasteiger partial charge in [0.15, 0.2) is 12.2 Å². The van der Waals surface area contributed by atoms with Gasteiger partial charge < -0.3 is 33.8 Å². The van der Waals surface area contributed by atoms with Gasteiger partial charge >= 0.3 is 39.5 Å². The van der Waals surface area contributed by atoms with Gasteiger partial charge in [-0.1, -0.05) is 427 Å². The van der Waals surface area contributed by atoms with Gasteiger partial charge in [-0.05, 0) is 43.4 Å². The number of aliphatic hydroxyl groups is 1. The van der Waals surface area contributed by atoms with Crippen LogP contribution < -0.4 is 0 Å². The van der Waals surface area contributed by atoms with Crippen LogP contribution >= 0.6 is 15.6 Å². The minimum atomic E-state index is -4.97. The third kappa shape index (κ3) is 83.8. The maximum absolute atomic E-state index is 13.2. The van der Waals surface area contributed by atoms with E-state index in [1.165, 1.54) is 283 Å². The molecule has 0 saturated heterocycles. The Morgan fingerprint density at radius 2 is 0.422 bits per heavy atom. The highest BCUT2D eigenvalue weighted by atomic mass is 31.2. The molecule has 5 atom stereocenters. The Morgan fingerprint density at radius 3 is 0.624 bits per heavy atom. The lowest BCUT2D eigenvalue weighted by Crippen LogP contribution is -2.30. The Morgan fingerprint density at radius 1 is 0.248 bits per heavy atom. The first-order chi connectivity index (χ1) is 52.7. The minimum absolute atomic E-state index is 0.107. The molecule has 0 rings (SSSR count). The Kier molecular flexibility index (Phi) is 78.5. The summed E-state index contributed by atoms with van der Waals surface area (Å²) in [6, 6.07) is 0. The Hall–Kier alpha value is -1.94. The average Bonchev–Trinajstić information content (AvgIpc) is 0.899. The van der Waals surface area contributed by atoms with Gasteiger partial charge in [0, 0.05) is 25.7 Å². The topological polar surface area (TPSA) is 237 Å². The van der Waals surface area contributed by atoms with Crippen molar-refractivity contribution in [2.75, 3.05) is 39.6 Å². The summed E-state index contributed by atoms with van der Waals surface area (Å²) in [5, 5.41) is 10.7. The van der Waals surface area contributed by atoms with Crippen LogP contribution in [0.3, 0.4) is 0 Å². The number of esters is 4. The van der Waals surface area contributed by atoms with E-state index in [0.717, 1.165) is 108 Å². The van der Waals surface area contributed by atoms with E-state index >= 15 is 0 Å². The summed E-state index contributed by atoms with van der Waals surface area (Å²) in [6.07, 6.45) is 72.6. The highest BCUT2D eigenvalue weighted by molar-refractivity contribution is 7.47. The van der Waals surface area contributed by atoms with Crippen molar-refractivity contribution < 1.29 is 80.2 Å². The van der Waals surface area contributed by atoms with Crippen LogP contribution in [-0.2, 0) is 65.4 Å². The molecular weight excluding hydrogens is 1410 g/mol. The van der Waals surface area contributed by atoms with E-state index < -0.39 is 97.5 Å². The maximum Gasteiger partial charge on any atom is 0.472 e. The molecule has 0 bridgehead atoms. The molecule has 0 aromatic rings. The first-order valence-corrected chi connectivity index (χ1v) is 49.3. The molecule has 0 radical (unpaired) electrons. The average molecular weight is 1590 g/mol. The molecular formula is C90H176O17P2. The van der Waals surface area contributed by atoms with Crippen molar-refractivity contribution in [1.82, 2.24) is 0 Å². The van der Waals surface area contributed by atoms with Crippen molar-refractivity contribution in [3.8, 4) is 0 Å². The van der Waals surface area contributed by atoms with Crippen LogP contribution in [0.4, 0.5) is 0 Å². The van der Waals surface area contributed by atoms with Crippen LogP contribution in [-0.4, -0.2) is 96.7 Å². The molecule has 0 saturated carbocycles. The molecule has 0 aliphatic carbocycles. The Labute approximate surface area is 670 Å². The summed E-state index contributed by atoms with van der Waals surface area (Å²) >= 11 is 0. The SMILES string of the molecule is CCCCCCCCCCCCCCCCCCCCCCCCC(=O)O[C@H](COC(=O)CCCCCCCCCCCCCCCCCCC(C)C)COP(=O)(O)OC[C@@H](O)COP(=O)(O)OC[C@@H](COC(=O)CCCCCCCCC(C)C)OC(=O)CCCCCCCCCCCCCCCCCCC(C)C. The van der Waals surface area contributed by atoms with E-state index in [9.17, 15) is 43.2 Å². The first-order valence-electron chi connectivity index (χ1n) is 46.3. The van der Waals surface area contributed by atoms with Crippen molar-refractivity contribution in [2.45, 2.75) is 497 Å². The lowest BCUT2D eigenvalue weighted by atomic mass is 10.0. The van der Waals surface area contributed by atoms with Gasteiger partial charge in [0.05, 0.1) is 26.4 Å². The number of carbonyl (C=O) groups is 4. The summed E-state index contributed by atoms with van der Waals surface area (Å²) in [7, 11) is -9.93. The fourth-order valence-corrected chi connectivity index (χ4v) is 15.7. The van der Waals surface area contributed by atoms with E-state index in [0.29, 0.717) is 31.6 Å². The number of ether oxygens (including phenoxy) is 4. The van der Waals surface area contributed by atoms with Gasteiger partial charge in [-0.2, -0.15) is 0 Å². The molecule has 0 amide bonds. The van der Waals surface area contributed by atoms with Gasteiger partial charge in [0.25, 0.3) is 0 Å². The number of rotatable bonds is 88. The summed E-state index contributed by atoms with van der Waals surface area (Å²) < 4.78 is 69.0. The van der Waals surface area contributed by atoms with Crippen molar-refractivity contribution in [1.29, 1.82) is 0 Å². The summed E-state index contributed by atoms with van der Waals surface area (Å²) in [5.41, 5.74) is 0. The third-order valence-electron chi connectivity index (χ3n) is 21.1. The maximum atomic E-state index is 13.2. The summed E-state index contributed by atoms with van der Waals surface area (Å²) in [6.45, 7) is 12.0. The molecule has 0 heterocycles. The normalized spacial score (nSPS) is 13.8. The highest BCUT2D eigenvalue weighted by Crippen LogP contribution is 2.45. The number of hydrogen-bond donors (Lipinski definition) is 3. The smallest absolute Gasteiger partial charge is 0.462 e.